The van der Waals surface area contributed by atoms with Crippen molar-refractivity contribution in [2.75, 3.05) is 0 Å². The summed E-state index contributed by atoms with van der Waals surface area (Å²) in [6, 6.07) is 4.72. The van der Waals surface area contributed by atoms with Crippen LogP contribution in [0.2, 0.25) is 0 Å². The maximum absolute atomic E-state index is 9.87. The van der Waals surface area contributed by atoms with E-state index in [0.717, 1.165) is 18.8 Å². The highest BCUT2D eigenvalue weighted by atomic mass is 16.5. The number of phenolic OH excluding ortho intramolecular Hbond substituents is 2. The molecule has 5 nitrogen and oxygen atoms in total. The zero-order valence-electron chi connectivity index (χ0n) is 12.1. The minimum atomic E-state index is -0.220. The Labute approximate surface area is 123 Å². The first-order valence-corrected chi connectivity index (χ1v) is 7.54. The van der Waals surface area contributed by atoms with Gasteiger partial charge in [0.1, 0.15) is 0 Å². The third kappa shape index (κ3) is 2.73. The Morgan fingerprint density at radius 1 is 1.29 bits per heavy atom. The molecule has 0 amide bonds. The van der Waals surface area contributed by atoms with Crippen LogP contribution in [-0.2, 0) is 0 Å². The first-order chi connectivity index (χ1) is 10.2. The van der Waals surface area contributed by atoms with Crippen LogP contribution in [0.4, 0.5) is 0 Å². The van der Waals surface area contributed by atoms with Gasteiger partial charge in [-0.2, -0.15) is 4.98 Å². The summed E-state index contributed by atoms with van der Waals surface area (Å²) in [5.74, 6) is 1.64. The predicted octanol–water partition coefficient (Wildman–Crippen LogP) is 3.83. The van der Waals surface area contributed by atoms with Crippen LogP contribution in [0.3, 0.4) is 0 Å². The number of phenols is 2. The molecule has 0 bridgehead atoms. The molecule has 1 heterocycles. The normalized spacial score (nSPS) is 22.3. The van der Waals surface area contributed by atoms with Crippen LogP contribution >= 0.6 is 0 Å². The molecule has 0 radical (unpaired) electrons. The summed E-state index contributed by atoms with van der Waals surface area (Å²) in [7, 11) is 0. The fourth-order valence-electron chi connectivity index (χ4n) is 3.11. The summed E-state index contributed by atoms with van der Waals surface area (Å²) < 4.78 is 5.28. The van der Waals surface area contributed by atoms with Crippen molar-refractivity contribution in [3.8, 4) is 23.0 Å². The van der Waals surface area contributed by atoms with Crippen LogP contribution in [0.15, 0.2) is 22.7 Å². The topological polar surface area (TPSA) is 79.4 Å². The molecule has 0 spiro atoms. The molecule has 21 heavy (non-hydrogen) atoms. The molecule has 1 aromatic carbocycles. The maximum Gasteiger partial charge on any atom is 0.261 e. The van der Waals surface area contributed by atoms with Crippen molar-refractivity contribution in [1.29, 1.82) is 0 Å². The summed E-state index contributed by atoms with van der Waals surface area (Å²) in [6.07, 6.45) is 5.85. The van der Waals surface area contributed by atoms with Crippen molar-refractivity contribution in [3.63, 3.8) is 0 Å². The lowest BCUT2D eigenvalue weighted by Crippen LogP contribution is -2.14. The van der Waals surface area contributed by atoms with Crippen LogP contribution in [0.1, 0.15) is 50.8 Å². The Balaban J connectivity index is 1.85. The van der Waals surface area contributed by atoms with Gasteiger partial charge in [-0.1, -0.05) is 37.4 Å². The fraction of sp³-hybridized carbons (Fsp3) is 0.500. The van der Waals surface area contributed by atoms with Crippen LogP contribution in [0.5, 0.6) is 11.5 Å². The van der Waals surface area contributed by atoms with E-state index in [1.165, 1.54) is 25.3 Å². The number of aromatic nitrogens is 2. The van der Waals surface area contributed by atoms with Crippen molar-refractivity contribution in [2.45, 2.75) is 44.9 Å². The number of para-hydroxylation sites is 1. The van der Waals surface area contributed by atoms with Crippen LogP contribution in [-0.4, -0.2) is 20.4 Å². The highest BCUT2D eigenvalue weighted by Gasteiger charge is 2.26. The van der Waals surface area contributed by atoms with Gasteiger partial charge in [0.25, 0.3) is 5.89 Å². The van der Waals surface area contributed by atoms with Gasteiger partial charge in [-0.05, 0) is 30.9 Å². The monoisotopic (exact) mass is 288 g/mol. The lowest BCUT2D eigenvalue weighted by atomic mass is 9.80. The maximum atomic E-state index is 9.87. The number of aromatic hydroxyl groups is 2. The average Bonchev–Trinajstić information content (AvgIpc) is 3.00. The van der Waals surface area contributed by atoms with Crippen LogP contribution in [0, 0.1) is 5.92 Å². The van der Waals surface area contributed by atoms with Crippen molar-refractivity contribution in [1.82, 2.24) is 10.1 Å². The van der Waals surface area contributed by atoms with Crippen molar-refractivity contribution < 1.29 is 14.7 Å². The molecular weight excluding hydrogens is 268 g/mol. The second-order valence-electron chi connectivity index (χ2n) is 5.77. The second kappa shape index (κ2) is 5.76. The Kier molecular flexibility index (Phi) is 3.82. The number of hydrogen-bond donors (Lipinski definition) is 2. The van der Waals surface area contributed by atoms with E-state index in [1.54, 1.807) is 12.1 Å². The van der Waals surface area contributed by atoms with E-state index in [2.05, 4.69) is 17.1 Å². The summed E-state index contributed by atoms with van der Waals surface area (Å²) in [6.45, 7) is 2.22. The van der Waals surface area contributed by atoms with E-state index in [0.29, 0.717) is 17.3 Å². The van der Waals surface area contributed by atoms with Gasteiger partial charge >= 0.3 is 0 Å². The predicted molar refractivity (Wildman–Crippen MR) is 78.1 cm³/mol. The molecule has 1 fully saturated rings. The number of hydrogen-bond acceptors (Lipinski definition) is 5. The molecule has 112 valence electrons. The minimum absolute atomic E-state index is 0.184. The third-order valence-electron chi connectivity index (χ3n) is 4.41. The number of rotatable bonds is 3. The molecule has 1 aromatic heterocycles. The first kappa shape index (κ1) is 13.9. The highest BCUT2D eigenvalue weighted by Crippen LogP contribution is 2.39. The van der Waals surface area contributed by atoms with Gasteiger partial charge in [-0.25, -0.2) is 0 Å². The first-order valence-electron chi connectivity index (χ1n) is 7.54. The summed E-state index contributed by atoms with van der Waals surface area (Å²) in [4.78, 5) is 4.43. The molecule has 3 rings (SSSR count). The summed E-state index contributed by atoms with van der Waals surface area (Å²) in [5, 5.41) is 23.5. The van der Waals surface area contributed by atoms with Crippen molar-refractivity contribution in [3.05, 3.63) is 24.0 Å². The molecule has 2 unspecified atom stereocenters. The Morgan fingerprint density at radius 2 is 2.14 bits per heavy atom. The van der Waals surface area contributed by atoms with Crippen LogP contribution < -0.4 is 0 Å². The molecule has 2 atom stereocenters. The zero-order chi connectivity index (χ0) is 14.8. The van der Waals surface area contributed by atoms with E-state index in [4.69, 9.17) is 4.52 Å². The number of benzene rings is 1. The fourth-order valence-corrected chi connectivity index (χ4v) is 3.11. The molecule has 2 N–H and O–H groups in total. The summed E-state index contributed by atoms with van der Waals surface area (Å²) >= 11 is 0. The smallest absolute Gasteiger partial charge is 0.261 e. The van der Waals surface area contributed by atoms with Gasteiger partial charge in [0, 0.05) is 5.92 Å². The van der Waals surface area contributed by atoms with E-state index in [1.807, 2.05) is 0 Å². The number of nitrogens with zero attached hydrogens (tertiary/aromatic N) is 2. The largest absolute Gasteiger partial charge is 0.504 e. The Bertz CT molecular complexity index is 624. The molecule has 0 saturated heterocycles. The molecule has 1 aliphatic carbocycles. The van der Waals surface area contributed by atoms with Gasteiger partial charge in [0.15, 0.2) is 17.3 Å². The Hall–Kier alpha value is -2.04. The van der Waals surface area contributed by atoms with Gasteiger partial charge < -0.3 is 14.7 Å². The third-order valence-corrected chi connectivity index (χ3v) is 4.41. The van der Waals surface area contributed by atoms with Gasteiger partial charge in [0.2, 0.25) is 0 Å². The van der Waals surface area contributed by atoms with Crippen LogP contribution in [0.25, 0.3) is 11.5 Å². The molecule has 1 aliphatic rings. The Morgan fingerprint density at radius 3 is 2.95 bits per heavy atom. The lowest BCUT2D eigenvalue weighted by Gasteiger charge is -2.26. The SMILES string of the molecule is CCC1CCCC(c2noc(-c3cccc(O)c3O)n2)C1. The molecule has 5 heteroatoms. The zero-order valence-corrected chi connectivity index (χ0v) is 12.1. The minimum Gasteiger partial charge on any atom is -0.504 e. The highest BCUT2D eigenvalue weighted by molar-refractivity contribution is 5.66. The summed E-state index contributed by atoms with van der Waals surface area (Å²) in [5.41, 5.74) is 0.372. The second-order valence-corrected chi connectivity index (χ2v) is 5.77. The molecule has 2 aromatic rings. The molecule has 1 saturated carbocycles. The quantitative estimate of drug-likeness (QED) is 0.839. The van der Waals surface area contributed by atoms with E-state index < -0.39 is 0 Å². The standard InChI is InChI=1S/C16H20N2O3/c1-2-10-5-3-6-11(9-10)15-17-16(21-18-15)12-7-4-8-13(19)14(12)20/h4,7-8,10-11,19-20H,2-3,5-6,9H2,1H3. The van der Waals surface area contributed by atoms with Gasteiger partial charge in [0.05, 0.1) is 5.56 Å². The van der Waals surface area contributed by atoms with Gasteiger partial charge in [-0.3, -0.25) is 0 Å². The van der Waals surface area contributed by atoms with E-state index >= 15 is 0 Å². The molecule has 0 aliphatic heterocycles. The van der Waals surface area contributed by atoms with E-state index in [-0.39, 0.29) is 17.4 Å². The average molecular weight is 288 g/mol. The van der Waals surface area contributed by atoms with Crippen molar-refractivity contribution in [2.24, 2.45) is 5.92 Å². The van der Waals surface area contributed by atoms with Gasteiger partial charge in [-0.15, -0.1) is 0 Å². The van der Waals surface area contributed by atoms with Crippen molar-refractivity contribution >= 4 is 0 Å². The van der Waals surface area contributed by atoms with E-state index in [9.17, 15) is 10.2 Å². The molecular formula is C16H20N2O3. The lowest BCUT2D eigenvalue weighted by molar-refractivity contribution is 0.300.